The van der Waals surface area contributed by atoms with Crippen LogP contribution in [0, 0.1) is 13.8 Å². The molecule has 0 radical (unpaired) electrons. The van der Waals surface area contributed by atoms with Crippen LogP contribution in [0.5, 0.6) is 0 Å². The summed E-state index contributed by atoms with van der Waals surface area (Å²) in [4.78, 5) is 0. The molecule has 2 N–H and O–H groups in total. The molecule has 0 aliphatic carbocycles. The molecule has 0 fully saturated rings. The molecule has 84 valence electrons. The van der Waals surface area contributed by atoms with E-state index in [-0.39, 0.29) is 0 Å². The first-order chi connectivity index (χ1) is 7.58. The lowest BCUT2D eigenvalue weighted by Crippen LogP contribution is -2.06. The largest absolute Gasteiger partial charge is 0.384 e. The van der Waals surface area contributed by atoms with E-state index in [9.17, 15) is 0 Å². The van der Waals surface area contributed by atoms with Crippen LogP contribution in [0.1, 0.15) is 16.7 Å². The van der Waals surface area contributed by atoms with E-state index in [0.717, 1.165) is 21.7 Å². The van der Waals surface area contributed by atoms with Crippen molar-refractivity contribution in [2.45, 2.75) is 20.4 Å². The smallest absolute Gasteiger partial charge is 0.124 e. The minimum absolute atomic E-state index is 0.652. The van der Waals surface area contributed by atoms with Crippen molar-refractivity contribution in [2.24, 2.45) is 0 Å². The molecule has 16 heavy (non-hydrogen) atoms. The maximum absolute atomic E-state index is 6.06. The maximum atomic E-state index is 6.06. The van der Waals surface area contributed by atoms with Gasteiger partial charge in [-0.2, -0.15) is 5.10 Å². The first-order valence-corrected chi connectivity index (χ1v) is 5.48. The summed E-state index contributed by atoms with van der Waals surface area (Å²) in [5, 5.41) is 4.99. The van der Waals surface area contributed by atoms with E-state index in [1.165, 1.54) is 0 Å². The summed E-state index contributed by atoms with van der Waals surface area (Å²) < 4.78 is 1.77. The second-order valence-electron chi connectivity index (χ2n) is 3.95. The molecule has 2 rings (SSSR count). The van der Waals surface area contributed by atoms with E-state index in [4.69, 9.17) is 17.3 Å². The van der Waals surface area contributed by atoms with Crippen molar-refractivity contribution >= 4 is 17.4 Å². The number of aryl methyl sites for hydroxylation is 2. The molecule has 3 nitrogen and oxygen atoms in total. The number of anilines is 1. The fourth-order valence-corrected chi connectivity index (χ4v) is 1.72. The third-order valence-corrected chi connectivity index (χ3v) is 3.05. The second kappa shape index (κ2) is 4.18. The van der Waals surface area contributed by atoms with Gasteiger partial charge in [0, 0.05) is 10.6 Å². The molecule has 0 aliphatic rings. The van der Waals surface area contributed by atoms with Gasteiger partial charge in [0.15, 0.2) is 0 Å². The van der Waals surface area contributed by atoms with Gasteiger partial charge in [0.25, 0.3) is 0 Å². The average Bonchev–Trinajstić information content (AvgIpc) is 2.55. The molecule has 0 amide bonds. The van der Waals surface area contributed by atoms with E-state index >= 15 is 0 Å². The Kier molecular flexibility index (Phi) is 2.88. The zero-order valence-electron chi connectivity index (χ0n) is 9.37. The highest BCUT2D eigenvalue weighted by Gasteiger charge is 2.04. The number of hydrogen-bond donors (Lipinski definition) is 1. The first-order valence-electron chi connectivity index (χ1n) is 5.11. The van der Waals surface area contributed by atoms with Crippen molar-refractivity contribution in [3.8, 4) is 0 Å². The van der Waals surface area contributed by atoms with Crippen molar-refractivity contribution < 1.29 is 0 Å². The molecular formula is C12H14ClN3. The quantitative estimate of drug-likeness (QED) is 0.870. The molecule has 0 saturated heterocycles. The number of halogens is 1. The number of rotatable bonds is 2. The third-order valence-electron chi connectivity index (χ3n) is 2.64. The van der Waals surface area contributed by atoms with Crippen molar-refractivity contribution in [3.05, 3.63) is 46.1 Å². The van der Waals surface area contributed by atoms with Crippen LogP contribution < -0.4 is 5.73 Å². The lowest BCUT2D eigenvalue weighted by molar-refractivity contribution is 0.697. The Balaban J connectivity index is 2.27. The summed E-state index contributed by atoms with van der Waals surface area (Å²) in [6.07, 6.45) is 1.77. The summed E-state index contributed by atoms with van der Waals surface area (Å²) in [7, 11) is 0. The highest BCUT2D eigenvalue weighted by Crippen LogP contribution is 2.18. The zero-order chi connectivity index (χ0) is 11.7. The van der Waals surface area contributed by atoms with E-state index in [1.54, 1.807) is 10.9 Å². The van der Waals surface area contributed by atoms with Crippen LogP contribution >= 0.6 is 11.6 Å². The molecule has 1 aromatic heterocycles. The van der Waals surface area contributed by atoms with Gasteiger partial charge in [0.05, 0.1) is 12.7 Å². The summed E-state index contributed by atoms with van der Waals surface area (Å²) in [6, 6.07) is 6.00. The standard InChI is InChI=1S/C12H14ClN3/c1-8-3-4-10(5-11(8)13)7-16-12(14)9(2)6-15-16/h3-6H,7,14H2,1-2H3. The van der Waals surface area contributed by atoms with Gasteiger partial charge in [-0.3, -0.25) is 0 Å². The van der Waals surface area contributed by atoms with E-state index in [0.29, 0.717) is 12.4 Å². The summed E-state index contributed by atoms with van der Waals surface area (Å²) in [5.41, 5.74) is 9.07. The molecule has 0 atom stereocenters. The Bertz CT molecular complexity index is 517. The summed E-state index contributed by atoms with van der Waals surface area (Å²) in [6.45, 7) is 4.58. The minimum atomic E-state index is 0.652. The number of nitrogen functional groups attached to an aromatic ring is 1. The molecule has 0 saturated carbocycles. The molecule has 1 heterocycles. The molecule has 0 bridgehead atoms. The Hall–Kier alpha value is -1.48. The van der Waals surface area contributed by atoms with Gasteiger partial charge in [-0.25, -0.2) is 4.68 Å². The Morgan fingerprint density at radius 2 is 2.06 bits per heavy atom. The van der Waals surface area contributed by atoms with Crippen LogP contribution in [0.2, 0.25) is 5.02 Å². The van der Waals surface area contributed by atoms with Crippen LogP contribution in [0.15, 0.2) is 24.4 Å². The second-order valence-corrected chi connectivity index (χ2v) is 4.36. The van der Waals surface area contributed by atoms with Gasteiger partial charge < -0.3 is 5.73 Å². The van der Waals surface area contributed by atoms with Crippen molar-refractivity contribution in [1.29, 1.82) is 0 Å². The van der Waals surface area contributed by atoms with Crippen molar-refractivity contribution in [3.63, 3.8) is 0 Å². The van der Waals surface area contributed by atoms with Crippen molar-refractivity contribution in [2.75, 3.05) is 5.73 Å². The predicted octanol–water partition coefficient (Wildman–Crippen LogP) is 2.78. The van der Waals surface area contributed by atoms with Gasteiger partial charge in [0.2, 0.25) is 0 Å². The monoisotopic (exact) mass is 235 g/mol. The van der Waals surface area contributed by atoms with Gasteiger partial charge in [-0.05, 0) is 31.0 Å². The molecule has 1 aromatic carbocycles. The lowest BCUT2D eigenvalue weighted by atomic mass is 10.1. The van der Waals surface area contributed by atoms with Gasteiger partial charge >= 0.3 is 0 Å². The fourth-order valence-electron chi connectivity index (χ4n) is 1.52. The van der Waals surface area contributed by atoms with Crippen LogP contribution in [-0.2, 0) is 6.54 Å². The number of aromatic nitrogens is 2. The zero-order valence-corrected chi connectivity index (χ0v) is 10.1. The van der Waals surface area contributed by atoms with E-state index in [2.05, 4.69) is 5.10 Å². The van der Waals surface area contributed by atoms with Gasteiger partial charge in [-0.1, -0.05) is 23.7 Å². The lowest BCUT2D eigenvalue weighted by Gasteiger charge is -2.06. The van der Waals surface area contributed by atoms with E-state index < -0.39 is 0 Å². The molecular weight excluding hydrogens is 222 g/mol. The minimum Gasteiger partial charge on any atom is -0.384 e. The third kappa shape index (κ3) is 2.04. The van der Waals surface area contributed by atoms with Gasteiger partial charge in [0.1, 0.15) is 5.82 Å². The molecule has 2 aromatic rings. The average molecular weight is 236 g/mol. The number of nitrogens with two attached hydrogens (primary N) is 1. The van der Waals surface area contributed by atoms with Crippen LogP contribution in [0.3, 0.4) is 0 Å². The molecule has 0 aliphatic heterocycles. The van der Waals surface area contributed by atoms with Crippen LogP contribution in [0.25, 0.3) is 0 Å². The summed E-state index contributed by atoms with van der Waals surface area (Å²) >= 11 is 6.06. The molecule has 0 unspecified atom stereocenters. The summed E-state index contributed by atoms with van der Waals surface area (Å²) in [5.74, 6) is 0.705. The Morgan fingerprint density at radius 1 is 1.31 bits per heavy atom. The molecule has 0 spiro atoms. The first kappa shape index (κ1) is 11.0. The number of benzene rings is 1. The maximum Gasteiger partial charge on any atom is 0.124 e. The van der Waals surface area contributed by atoms with Crippen LogP contribution in [0.4, 0.5) is 5.82 Å². The Morgan fingerprint density at radius 3 is 2.62 bits per heavy atom. The van der Waals surface area contributed by atoms with Gasteiger partial charge in [-0.15, -0.1) is 0 Å². The predicted molar refractivity (Wildman–Crippen MR) is 66.7 cm³/mol. The topological polar surface area (TPSA) is 43.8 Å². The highest BCUT2D eigenvalue weighted by molar-refractivity contribution is 6.31. The normalized spacial score (nSPS) is 10.7. The molecule has 4 heteroatoms. The number of hydrogen-bond acceptors (Lipinski definition) is 2. The van der Waals surface area contributed by atoms with E-state index in [1.807, 2.05) is 32.0 Å². The highest BCUT2D eigenvalue weighted by atomic mass is 35.5. The Labute approximate surface area is 99.8 Å². The fraction of sp³-hybridized carbons (Fsp3) is 0.250. The number of nitrogens with zero attached hydrogens (tertiary/aromatic N) is 2. The van der Waals surface area contributed by atoms with Crippen molar-refractivity contribution in [1.82, 2.24) is 9.78 Å². The van der Waals surface area contributed by atoms with Crippen LogP contribution in [-0.4, -0.2) is 9.78 Å². The SMILES string of the molecule is Cc1ccc(Cn2ncc(C)c2N)cc1Cl.